The second kappa shape index (κ2) is 7.26. The number of nitrogens with one attached hydrogen (secondary N) is 1. The number of benzene rings is 1. The zero-order valence-electron chi connectivity index (χ0n) is 13.8. The minimum absolute atomic E-state index is 0.0922. The van der Waals surface area contributed by atoms with Crippen molar-refractivity contribution in [2.24, 2.45) is 0 Å². The molecule has 2 aromatic rings. The first kappa shape index (κ1) is 17.5. The average molecular weight is 350 g/mol. The standard InChI is InChI=1S/C17H20F2N4O2/c1-9-15(13-6-5-10(16(18)19)7-14(13)25)22-23-17(20-9)21-11-3-2-4-12(24)8-11/h5-7,11-12,16,24-25H,2-4,8H2,1H3,(H,20,21,23)/t11-,12+/m1/s1. The van der Waals surface area contributed by atoms with E-state index in [1.807, 2.05) is 0 Å². The lowest BCUT2D eigenvalue weighted by Gasteiger charge is -2.26. The highest BCUT2D eigenvalue weighted by atomic mass is 19.3. The molecule has 1 heterocycles. The molecule has 0 spiro atoms. The summed E-state index contributed by atoms with van der Waals surface area (Å²) in [7, 11) is 0. The van der Waals surface area contributed by atoms with Gasteiger partial charge in [0.25, 0.3) is 6.43 Å². The van der Waals surface area contributed by atoms with Crippen molar-refractivity contribution in [2.75, 3.05) is 5.32 Å². The zero-order valence-corrected chi connectivity index (χ0v) is 13.8. The van der Waals surface area contributed by atoms with Crippen molar-refractivity contribution in [3.05, 3.63) is 29.5 Å². The van der Waals surface area contributed by atoms with Crippen LogP contribution in [0.1, 0.15) is 43.4 Å². The number of aliphatic hydroxyl groups excluding tert-OH is 1. The predicted octanol–water partition coefficient (Wildman–Crippen LogP) is 3.21. The van der Waals surface area contributed by atoms with Crippen LogP contribution >= 0.6 is 0 Å². The van der Waals surface area contributed by atoms with Gasteiger partial charge in [-0.05, 0) is 44.7 Å². The molecule has 3 N–H and O–H groups in total. The Morgan fingerprint density at radius 3 is 2.68 bits per heavy atom. The van der Waals surface area contributed by atoms with Gasteiger partial charge in [0, 0.05) is 17.2 Å². The number of aryl methyl sites for hydroxylation is 1. The van der Waals surface area contributed by atoms with Crippen molar-refractivity contribution < 1.29 is 19.0 Å². The fourth-order valence-electron chi connectivity index (χ4n) is 3.08. The lowest BCUT2D eigenvalue weighted by atomic mass is 9.93. The molecule has 1 fully saturated rings. The van der Waals surface area contributed by atoms with Gasteiger partial charge in [0.2, 0.25) is 5.95 Å². The summed E-state index contributed by atoms with van der Waals surface area (Å²) in [6, 6.07) is 3.75. The summed E-state index contributed by atoms with van der Waals surface area (Å²) < 4.78 is 25.4. The van der Waals surface area contributed by atoms with Crippen LogP contribution in [0.3, 0.4) is 0 Å². The number of halogens is 2. The van der Waals surface area contributed by atoms with Crippen LogP contribution in [0.15, 0.2) is 18.2 Å². The SMILES string of the molecule is Cc1nc(N[C@@H]2CCC[C@H](O)C2)nnc1-c1ccc(C(F)F)cc1O. The highest BCUT2D eigenvalue weighted by molar-refractivity contribution is 5.69. The van der Waals surface area contributed by atoms with Crippen molar-refractivity contribution in [3.8, 4) is 17.0 Å². The summed E-state index contributed by atoms with van der Waals surface area (Å²) in [6.45, 7) is 1.71. The number of anilines is 1. The van der Waals surface area contributed by atoms with Crippen molar-refractivity contribution in [3.63, 3.8) is 0 Å². The first-order chi connectivity index (χ1) is 11.9. The molecule has 0 unspecified atom stereocenters. The van der Waals surface area contributed by atoms with Gasteiger partial charge in [-0.15, -0.1) is 10.2 Å². The number of nitrogens with zero attached hydrogens (tertiary/aromatic N) is 3. The third-order valence-corrected chi connectivity index (χ3v) is 4.37. The van der Waals surface area contributed by atoms with Gasteiger partial charge in [0.05, 0.1) is 11.8 Å². The van der Waals surface area contributed by atoms with Gasteiger partial charge in [-0.3, -0.25) is 0 Å². The average Bonchev–Trinajstić information content (AvgIpc) is 2.55. The van der Waals surface area contributed by atoms with Gasteiger partial charge in [-0.25, -0.2) is 13.8 Å². The monoisotopic (exact) mass is 350 g/mol. The van der Waals surface area contributed by atoms with Crippen molar-refractivity contribution >= 4 is 5.95 Å². The number of aliphatic hydroxyl groups is 1. The van der Waals surface area contributed by atoms with Gasteiger partial charge in [0.15, 0.2) is 0 Å². The van der Waals surface area contributed by atoms with E-state index in [1.54, 1.807) is 6.92 Å². The fraction of sp³-hybridized carbons (Fsp3) is 0.471. The Labute approximate surface area is 143 Å². The molecule has 0 bridgehead atoms. The Bertz CT molecular complexity index is 757. The van der Waals surface area contributed by atoms with E-state index in [2.05, 4.69) is 20.5 Å². The van der Waals surface area contributed by atoms with E-state index < -0.39 is 6.43 Å². The van der Waals surface area contributed by atoms with Gasteiger partial charge in [-0.1, -0.05) is 6.07 Å². The highest BCUT2D eigenvalue weighted by Gasteiger charge is 2.21. The number of hydrogen-bond acceptors (Lipinski definition) is 6. The first-order valence-corrected chi connectivity index (χ1v) is 8.21. The predicted molar refractivity (Wildman–Crippen MR) is 88.5 cm³/mol. The normalized spacial score (nSPS) is 20.7. The Hall–Kier alpha value is -2.35. The lowest BCUT2D eigenvalue weighted by Crippen LogP contribution is -2.30. The van der Waals surface area contributed by atoms with E-state index in [-0.39, 0.29) is 23.5 Å². The number of phenolic OH excluding ortho intramolecular Hbond substituents is 1. The summed E-state index contributed by atoms with van der Waals surface area (Å²) in [6.07, 6.45) is 0.348. The first-order valence-electron chi connectivity index (χ1n) is 8.21. The van der Waals surface area contributed by atoms with Crippen molar-refractivity contribution in [1.29, 1.82) is 0 Å². The zero-order chi connectivity index (χ0) is 18.0. The molecule has 3 rings (SSSR count). The minimum atomic E-state index is -2.65. The second-order valence-electron chi connectivity index (χ2n) is 6.31. The molecule has 0 aliphatic heterocycles. The summed E-state index contributed by atoms with van der Waals surface area (Å²) in [5.74, 6) is 0.0668. The molecule has 1 aliphatic carbocycles. The lowest BCUT2D eigenvalue weighted by molar-refractivity contribution is 0.124. The number of alkyl halides is 2. The Morgan fingerprint density at radius 2 is 2.04 bits per heavy atom. The third-order valence-electron chi connectivity index (χ3n) is 4.37. The van der Waals surface area contributed by atoms with Gasteiger partial charge < -0.3 is 15.5 Å². The Kier molecular flexibility index (Phi) is 5.08. The molecule has 1 aromatic heterocycles. The third kappa shape index (κ3) is 4.01. The van der Waals surface area contributed by atoms with E-state index in [0.29, 0.717) is 29.3 Å². The second-order valence-corrected chi connectivity index (χ2v) is 6.31. The maximum Gasteiger partial charge on any atom is 0.263 e. The van der Waals surface area contributed by atoms with Gasteiger partial charge >= 0.3 is 0 Å². The minimum Gasteiger partial charge on any atom is -0.507 e. The molecule has 1 aliphatic rings. The molecule has 1 aromatic carbocycles. The van der Waals surface area contributed by atoms with E-state index in [1.165, 1.54) is 12.1 Å². The Balaban J connectivity index is 1.80. The summed E-state index contributed by atoms with van der Waals surface area (Å²) in [5, 5.41) is 31.0. The van der Waals surface area contributed by atoms with Gasteiger partial charge in [-0.2, -0.15) is 0 Å². The maximum atomic E-state index is 12.7. The number of phenols is 1. The smallest absolute Gasteiger partial charge is 0.263 e. The highest BCUT2D eigenvalue weighted by Crippen LogP contribution is 2.33. The largest absolute Gasteiger partial charge is 0.507 e. The number of aromatic hydroxyl groups is 1. The van der Waals surface area contributed by atoms with Crippen LogP contribution in [0.25, 0.3) is 11.3 Å². The van der Waals surface area contributed by atoms with E-state index in [9.17, 15) is 19.0 Å². The summed E-state index contributed by atoms with van der Waals surface area (Å²) in [5.41, 5.74) is 0.914. The molecule has 0 amide bonds. The van der Waals surface area contributed by atoms with E-state index in [4.69, 9.17) is 0 Å². The van der Waals surface area contributed by atoms with Crippen LogP contribution in [0.4, 0.5) is 14.7 Å². The number of rotatable bonds is 4. The number of aromatic nitrogens is 3. The molecule has 25 heavy (non-hydrogen) atoms. The van der Waals surface area contributed by atoms with Gasteiger partial charge in [0.1, 0.15) is 11.4 Å². The van der Waals surface area contributed by atoms with E-state index in [0.717, 1.165) is 25.3 Å². The summed E-state index contributed by atoms with van der Waals surface area (Å²) >= 11 is 0. The molecule has 0 radical (unpaired) electrons. The van der Waals surface area contributed by atoms with Crippen LogP contribution in [-0.2, 0) is 0 Å². The van der Waals surface area contributed by atoms with Crippen LogP contribution in [-0.4, -0.2) is 37.5 Å². The molecular formula is C17H20F2N4O2. The van der Waals surface area contributed by atoms with Crippen LogP contribution < -0.4 is 5.32 Å². The fourth-order valence-corrected chi connectivity index (χ4v) is 3.08. The van der Waals surface area contributed by atoms with Crippen LogP contribution in [0.2, 0.25) is 0 Å². The van der Waals surface area contributed by atoms with Crippen molar-refractivity contribution in [1.82, 2.24) is 15.2 Å². The topological polar surface area (TPSA) is 91.2 Å². The molecular weight excluding hydrogens is 330 g/mol. The van der Waals surface area contributed by atoms with Crippen LogP contribution in [0, 0.1) is 6.92 Å². The summed E-state index contributed by atoms with van der Waals surface area (Å²) in [4.78, 5) is 4.34. The molecule has 8 heteroatoms. The maximum absolute atomic E-state index is 12.7. The van der Waals surface area contributed by atoms with E-state index >= 15 is 0 Å². The molecule has 2 atom stereocenters. The molecule has 0 saturated heterocycles. The van der Waals surface area contributed by atoms with Crippen LogP contribution in [0.5, 0.6) is 5.75 Å². The van der Waals surface area contributed by atoms with Crippen molar-refractivity contribution in [2.45, 2.75) is 51.2 Å². The Morgan fingerprint density at radius 1 is 1.24 bits per heavy atom. The quantitative estimate of drug-likeness (QED) is 0.784. The molecule has 134 valence electrons. The molecule has 1 saturated carbocycles. The molecule has 6 nitrogen and oxygen atoms in total. The number of hydrogen-bond donors (Lipinski definition) is 3.